The minimum Gasteiger partial charge on any atom is -0.280 e. The molecule has 0 saturated carbocycles. The van der Waals surface area contributed by atoms with Crippen molar-refractivity contribution in [3.05, 3.63) is 58.1 Å². The molecule has 0 bridgehead atoms. The molecule has 0 aliphatic rings. The lowest BCUT2D eigenvalue weighted by Gasteiger charge is -2.10. The van der Waals surface area contributed by atoms with Crippen LogP contribution >= 0.6 is 23.2 Å². The van der Waals surface area contributed by atoms with Gasteiger partial charge in [-0.1, -0.05) is 29.3 Å². The normalized spacial score (nSPS) is 10.8. The van der Waals surface area contributed by atoms with E-state index in [1.54, 1.807) is 0 Å². The maximum atomic E-state index is 12.4. The van der Waals surface area contributed by atoms with Gasteiger partial charge in [0, 0.05) is 18.2 Å². The number of nitrogens with one attached hydrogen (secondary N) is 3. The Morgan fingerprint density at radius 1 is 0.960 bits per heavy atom. The number of anilines is 1. The summed E-state index contributed by atoms with van der Waals surface area (Å²) >= 11 is 11.6. The standard InChI is InChI=1S/C15H13Cl2N3O4S/c1-9(21)18-19-15(22)10-3-2-4-11(7-10)20-25(23,24)12-5-6-13(16)14(17)8-12/h2-8,20H,1H3,(H,18,21)(H,19,22). The number of sulfonamides is 1. The van der Waals surface area contributed by atoms with Crippen LogP contribution in [-0.2, 0) is 14.8 Å². The number of hydrazine groups is 1. The first kappa shape index (κ1) is 19.0. The molecule has 0 fully saturated rings. The monoisotopic (exact) mass is 401 g/mol. The van der Waals surface area contributed by atoms with Gasteiger partial charge in [-0.2, -0.15) is 0 Å². The lowest BCUT2D eigenvalue weighted by atomic mass is 10.2. The van der Waals surface area contributed by atoms with E-state index in [9.17, 15) is 18.0 Å². The first-order chi connectivity index (χ1) is 11.7. The van der Waals surface area contributed by atoms with Crippen molar-refractivity contribution in [2.45, 2.75) is 11.8 Å². The minimum atomic E-state index is -3.92. The molecule has 2 rings (SSSR count). The number of rotatable bonds is 4. The molecule has 0 radical (unpaired) electrons. The average Bonchev–Trinajstić information content (AvgIpc) is 2.54. The molecule has 7 nitrogen and oxygen atoms in total. The number of hydrogen-bond acceptors (Lipinski definition) is 4. The van der Waals surface area contributed by atoms with E-state index in [-0.39, 0.29) is 26.2 Å². The molecule has 132 valence electrons. The summed E-state index contributed by atoms with van der Waals surface area (Å²) in [6.07, 6.45) is 0. The summed E-state index contributed by atoms with van der Waals surface area (Å²) in [7, 11) is -3.92. The Kier molecular flexibility index (Phi) is 5.89. The first-order valence-electron chi connectivity index (χ1n) is 6.84. The van der Waals surface area contributed by atoms with E-state index in [1.165, 1.54) is 49.4 Å². The molecule has 2 aromatic rings. The molecule has 0 aliphatic heterocycles. The number of halogens is 2. The van der Waals surface area contributed by atoms with E-state index in [1.807, 2.05) is 0 Å². The van der Waals surface area contributed by atoms with Crippen molar-refractivity contribution in [2.75, 3.05) is 4.72 Å². The molecular weight excluding hydrogens is 389 g/mol. The Labute approximate surface area is 154 Å². The molecule has 0 unspecified atom stereocenters. The highest BCUT2D eigenvalue weighted by Crippen LogP contribution is 2.26. The van der Waals surface area contributed by atoms with E-state index in [2.05, 4.69) is 15.6 Å². The SMILES string of the molecule is CC(=O)NNC(=O)c1cccc(NS(=O)(=O)c2ccc(Cl)c(Cl)c2)c1. The minimum absolute atomic E-state index is 0.0741. The zero-order chi connectivity index (χ0) is 18.6. The maximum absolute atomic E-state index is 12.4. The largest absolute Gasteiger partial charge is 0.280 e. The molecule has 0 saturated heterocycles. The molecule has 2 amide bonds. The van der Waals surface area contributed by atoms with Crippen LogP contribution in [0, 0.1) is 0 Å². The van der Waals surface area contributed by atoms with Gasteiger partial charge in [0.25, 0.3) is 15.9 Å². The Morgan fingerprint density at radius 2 is 1.68 bits per heavy atom. The molecule has 3 N–H and O–H groups in total. The van der Waals surface area contributed by atoms with E-state index in [0.29, 0.717) is 0 Å². The van der Waals surface area contributed by atoms with E-state index >= 15 is 0 Å². The fourth-order valence-corrected chi connectivity index (χ4v) is 3.24. The van der Waals surface area contributed by atoms with Crippen molar-refractivity contribution in [3.8, 4) is 0 Å². The third-order valence-corrected chi connectivity index (χ3v) is 5.05. The second-order valence-electron chi connectivity index (χ2n) is 4.90. The van der Waals surface area contributed by atoms with Gasteiger partial charge in [-0.25, -0.2) is 8.42 Å². The summed E-state index contributed by atoms with van der Waals surface area (Å²) in [6.45, 7) is 1.24. The third-order valence-electron chi connectivity index (χ3n) is 2.93. The highest BCUT2D eigenvalue weighted by Gasteiger charge is 2.16. The van der Waals surface area contributed by atoms with Gasteiger partial charge >= 0.3 is 0 Å². The zero-order valence-electron chi connectivity index (χ0n) is 12.8. The molecule has 10 heteroatoms. The predicted octanol–water partition coefficient (Wildman–Crippen LogP) is 2.58. The lowest BCUT2D eigenvalue weighted by molar-refractivity contribution is -0.119. The van der Waals surface area contributed by atoms with Crippen molar-refractivity contribution in [1.29, 1.82) is 0 Å². The molecular formula is C15H13Cl2N3O4S. The zero-order valence-corrected chi connectivity index (χ0v) is 15.2. The third kappa shape index (κ3) is 5.09. The Balaban J connectivity index is 2.22. The van der Waals surface area contributed by atoms with Crippen LogP contribution in [0.2, 0.25) is 10.0 Å². The molecule has 0 atom stereocenters. The molecule has 0 aliphatic carbocycles. The highest BCUT2D eigenvalue weighted by atomic mass is 35.5. The Bertz CT molecular complexity index is 932. The van der Waals surface area contributed by atoms with Crippen LogP contribution in [0.3, 0.4) is 0 Å². The second kappa shape index (κ2) is 7.73. The fourth-order valence-electron chi connectivity index (χ4n) is 1.80. The van der Waals surface area contributed by atoms with Crippen LogP contribution in [0.15, 0.2) is 47.4 Å². The number of benzene rings is 2. The predicted molar refractivity (Wildman–Crippen MR) is 95.0 cm³/mol. The second-order valence-corrected chi connectivity index (χ2v) is 7.39. The van der Waals surface area contributed by atoms with Crippen molar-refractivity contribution in [2.24, 2.45) is 0 Å². The topological polar surface area (TPSA) is 104 Å². The summed E-state index contributed by atoms with van der Waals surface area (Å²) in [5, 5.41) is 0.338. The van der Waals surface area contributed by atoms with Gasteiger partial charge in [0.1, 0.15) is 0 Å². The summed E-state index contributed by atoms with van der Waals surface area (Å²) in [4.78, 5) is 22.6. The van der Waals surface area contributed by atoms with Gasteiger partial charge in [0.2, 0.25) is 5.91 Å². The quantitative estimate of drug-likeness (QED) is 0.684. The molecule has 0 spiro atoms. The lowest BCUT2D eigenvalue weighted by Crippen LogP contribution is -2.40. The molecule has 0 aromatic heterocycles. The summed E-state index contributed by atoms with van der Waals surface area (Å²) in [5.41, 5.74) is 4.65. The summed E-state index contributed by atoms with van der Waals surface area (Å²) in [6, 6.07) is 9.67. The molecule has 2 aromatic carbocycles. The summed E-state index contributed by atoms with van der Waals surface area (Å²) < 4.78 is 27.1. The van der Waals surface area contributed by atoms with Crippen molar-refractivity contribution < 1.29 is 18.0 Å². The number of carbonyl (C=O) groups excluding carboxylic acids is 2. The molecule has 0 heterocycles. The Hall–Kier alpha value is -2.29. The van der Waals surface area contributed by atoms with Crippen LogP contribution in [-0.4, -0.2) is 20.2 Å². The van der Waals surface area contributed by atoms with Crippen LogP contribution in [0.5, 0.6) is 0 Å². The van der Waals surface area contributed by atoms with Crippen molar-refractivity contribution in [3.63, 3.8) is 0 Å². The fraction of sp³-hybridized carbons (Fsp3) is 0.0667. The van der Waals surface area contributed by atoms with Crippen LogP contribution in [0.4, 0.5) is 5.69 Å². The van der Waals surface area contributed by atoms with Gasteiger partial charge in [-0.15, -0.1) is 0 Å². The van der Waals surface area contributed by atoms with Crippen molar-refractivity contribution in [1.82, 2.24) is 10.9 Å². The van der Waals surface area contributed by atoms with Crippen LogP contribution in [0.25, 0.3) is 0 Å². The number of carbonyl (C=O) groups is 2. The number of amides is 2. The van der Waals surface area contributed by atoms with E-state index < -0.39 is 21.8 Å². The van der Waals surface area contributed by atoms with Crippen LogP contribution < -0.4 is 15.6 Å². The highest BCUT2D eigenvalue weighted by molar-refractivity contribution is 7.92. The number of hydrogen-bond donors (Lipinski definition) is 3. The van der Waals surface area contributed by atoms with Gasteiger partial charge in [-0.3, -0.25) is 25.2 Å². The van der Waals surface area contributed by atoms with Gasteiger partial charge in [0.15, 0.2) is 0 Å². The van der Waals surface area contributed by atoms with Gasteiger partial charge in [0.05, 0.1) is 14.9 Å². The van der Waals surface area contributed by atoms with Crippen molar-refractivity contribution >= 4 is 50.7 Å². The van der Waals surface area contributed by atoms with Gasteiger partial charge in [-0.05, 0) is 36.4 Å². The molecule has 25 heavy (non-hydrogen) atoms. The smallest absolute Gasteiger partial charge is 0.269 e. The van der Waals surface area contributed by atoms with Crippen LogP contribution in [0.1, 0.15) is 17.3 Å². The van der Waals surface area contributed by atoms with E-state index in [4.69, 9.17) is 23.2 Å². The Morgan fingerprint density at radius 3 is 2.32 bits per heavy atom. The van der Waals surface area contributed by atoms with E-state index in [0.717, 1.165) is 0 Å². The summed E-state index contributed by atoms with van der Waals surface area (Å²) in [5.74, 6) is -1.03. The maximum Gasteiger partial charge on any atom is 0.269 e. The average molecular weight is 402 g/mol. The first-order valence-corrected chi connectivity index (χ1v) is 9.08. The van der Waals surface area contributed by atoms with Gasteiger partial charge < -0.3 is 0 Å².